The first-order valence-corrected chi connectivity index (χ1v) is 7.32. The molecule has 3 atom stereocenters. The van der Waals surface area contributed by atoms with Crippen molar-refractivity contribution < 1.29 is 9.90 Å². The number of hydrogen-bond acceptors (Lipinski definition) is 4. The molecule has 0 aliphatic heterocycles. The maximum absolute atomic E-state index is 12.0. The van der Waals surface area contributed by atoms with E-state index in [0.717, 1.165) is 0 Å². The molecule has 6 heteroatoms. The fraction of sp³-hybridized carbons (Fsp3) is 0.462. The van der Waals surface area contributed by atoms with Gasteiger partial charge in [-0.05, 0) is 32.0 Å². The Labute approximate surface area is 122 Å². The number of thioether (sulfide) groups is 1. The average molecular weight is 303 g/mol. The van der Waals surface area contributed by atoms with Gasteiger partial charge in [0.2, 0.25) is 5.91 Å². The monoisotopic (exact) mass is 302 g/mol. The van der Waals surface area contributed by atoms with Crippen LogP contribution in [0.2, 0.25) is 5.02 Å². The second-order valence-corrected chi connectivity index (χ2v) is 6.60. The molecule has 0 heterocycles. The lowest BCUT2D eigenvalue weighted by Crippen LogP contribution is -2.27. The van der Waals surface area contributed by atoms with Gasteiger partial charge in [0.1, 0.15) is 0 Å². The summed E-state index contributed by atoms with van der Waals surface area (Å²) in [5.74, 6) is -0.147. The van der Waals surface area contributed by atoms with Crippen LogP contribution in [-0.2, 0) is 4.79 Å². The van der Waals surface area contributed by atoms with Crippen LogP contribution in [-0.4, -0.2) is 27.6 Å². The van der Waals surface area contributed by atoms with E-state index in [1.54, 1.807) is 32.0 Å². The summed E-state index contributed by atoms with van der Waals surface area (Å²) in [6.07, 6.45) is -0.458. The van der Waals surface area contributed by atoms with Crippen LogP contribution in [0.3, 0.4) is 0 Å². The van der Waals surface area contributed by atoms with Gasteiger partial charge >= 0.3 is 0 Å². The molecule has 3 unspecified atom stereocenters. The molecule has 106 valence electrons. The van der Waals surface area contributed by atoms with Gasteiger partial charge in [-0.15, -0.1) is 11.8 Å². The van der Waals surface area contributed by atoms with Crippen molar-refractivity contribution in [3.63, 3.8) is 0 Å². The number of nitrogens with one attached hydrogen (secondary N) is 1. The van der Waals surface area contributed by atoms with E-state index in [1.165, 1.54) is 11.8 Å². The summed E-state index contributed by atoms with van der Waals surface area (Å²) in [6, 6.07) is 4.93. The molecule has 0 aliphatic carbocycles. The zero-order chi connectivity index (χ0) is 14.6. The normalized spacial score (nSPS) is 15.6. The molecule has 1 rings (SSSR count). The van der Waals surface area contributed by atoms with E-state index in [-0.39, 0.29) is 16.4 Å². The molecule has 1 aromatic rings. The van der Waals surface area contributed by atoms with E-state index in [2.05, 4.69) is 5.32 Å². The number of halogens is 1. The number of nitrogens with two attached hydrogens (primary N) is 1. The fourth-order valence-electron chi connectivity index (χ4n) is 1.38. The molecule has 1 amide bonds. The minimum absolute atomic E-state index is 0.0108. The van der Waals surface area contributed by atoms with Gasteiger partial charge in [0.25, 0.3) is 0 Å². The van der Waals surface area contributed by atoms with Crippen molar-refractivity contribution in [1.29, 1.82) is 0 Å². The highest BCUT2D eigenvalue weighted by molar-refractivity contribution is 8.01. The van der Waals surface area contributed by atoms with Gasteiger partial charge < -0.3 is 16.2 Å². The minimum Gasteiger partial charge on any atom is -0.397 e. The van der Waals surface area contributed by atoms with Crippen molar-refractivity contribution in [3.05, 3.63) is 23.2 Å². The fourth-order valence-corrected chi connectivity index (χ4v) is 2.61. The number of benzene rings is 1. The van der Waals surface area contributed by atoms with Gasteiger partial charge in [0.05, 0.1) is 22.7 Å². The summed E-state index contributed by atoms with van der Waals surface area (Å²) in [5, 5.41) is 12.4. The number of aliphatic hydroxyl groups excluding tert-OH is 1. The van der Waals surface area contributed by atoms with Crippen LogP contribution < -0.4 is 11.1 Å². The maximum Gasteiger partial charge on any atom is 0.237 e. The third kappa shape index (κ3) is 4.93. The van der Waals surface area contributed by atoms with Gasteiger partial charge in [0.15, 0.2) is 0 Å². The van der Waals surface area contributed by atoms with E-state index in [4.69, 9.17) is 17.3 Å². The van der Waals surface area contributed by atoms with Crippen molar-refractivity contribution in [2.45, 2.75) is 37.4 Å². The predicted octanol–water partition coefficient (Wildman–Crippen LogP) is 2.75. The molecule has 0 spiro atoms. The molecule has 1 aromatic carbocycles. The lowest BCUT2D eigenvalue weighted by Gasteiger charge is -2.19. The minimum atomic E-state index is -0.458. The molecule has 4 N–H and O–H groups in total. The topological polar surface area (TPSA) is 75.3 Å². The van der Waals surface area contributed by atoms with Crippen molar-refractivity contribution in [3.8, 4) is 0 Å². The van der Waals surface area contributed by atoms with E-state index < -0.39 is 6.10 Å². The molecular formula is C13H19ClN2O2S. The molecule has 0 saturated carbocycles. The Hall–Kier alpha value is -0.910. The number of nitrogen functional groups attached to an aromatic ring is 1. The third-order valence-corrected chi connectivity index (χ3v) is 4.42. The van der Waals surface area contributed by atoms with Crippen molar-refractivity contribution >= 4 is 40.6 Å². The average Bonchev–Trinajstić information content (AvgIpc) is 2.32. The number of rotatable bonds is 5. The smallest absolute Gasteiger partial charge is 0.237 e. The van der Waals surface area contributed by atoms with Gasteiger partial charge in [-0.25, -0.2) is 0 Å². The Kier molecular flexibility index (Phi) is 5.97. The van der Waals surface area contributed by atoms with E-state index >= 15 is 0 Å². The zero-order valence-electron chi connectivity index (χ0n) is 11.2. The number of aliphatic hydroxyl groups is 1. The lowest BCUT2D eigenvalue weighted by atomic mass is 10.2. The Morgan fingerprint density at radius 3 is 2.58 bits per heavy atom. The molecular weight excluding hydrogens is 284 g/mol. The third-order valence-electron chi connectivity index (χ3n) is 2.74. The summed E-state index contributed by atoms with van der Waals surface area (Å²) in [4.78, 5) is 12.0. The number of hydrogen-bond donors (Lipinski definition) is 3. The quantitative estimate of drug-likeness (QED) is 0.731. The van der Waals surface area contributed by atoms with Crippen LogP contribution in [0.5, 0.6) is 0 Å². The Morgan fingerprint density at radius 2 is 2.05 bits per heavy atom. The van der Waals surface area contributed by atoms with E-state index in [0.29, 0.717) is 16.4 Å². The molecule has 0 bridgehead atoms. The predicted molar refractivity (Wildman–Crippen MR) is 82.7 cm³/mol. The van der Waals surface area contributed by atoms with Gasteiger partial charge in [-0.2, -0.15) is 0 Å². The molecule has 19 heavy (non-hydrogen) atoms. The lowest BCUT2D eigenvalue weighted by molar-refractivity contribution is -0.115. The van der Waals surface area contributed by atoms with Gasteiger partial charge in [-0.3, -0.25) is 4.79 Å². The Balaban J connectivity index is 2.63. The highest BCUT2D eigenvalue weighted by Crippen LogP contribution is 2.25. The maximum atomic E-state index is 12.0. The summed E-state index contributed by atoms with van der Waals surface area (Å²) in [5.41, 5.74) is 6.75. The summed E-state index contributed by atoms with van der Waals surface area (Å²) >= 11 is 7.21. The first-order valence-electron chi connectivity index (χ1n) is 6.00. The van der Waals surface area contributed by atoms with Crippen LogP contribution in [0.25, 0.3) is 0 Å². The second kappa shape index (κ2) is 7.03. The van der Waals surface area contributed by atoms with Crippen molar-refractivity contribution in [2.75, 3.05) is 11.1 Å². The number of carbonyl (C=O) groups excluding carboxylic acids is 1. The number of carbonyl (C=O) groups is 1. The largest absolute Gasteiger partial charge is 0.397 e. The Bertz CT molecular complexity index is 454. The van der Waals surface area contributed by atoms with Crippen molar-refractivity contribution in [1.82, 2.24) is 0 Å². The standard InChI is InChI=1S/C13H19ClN2O2S/c1-7(17)8(2)19-9(3)13(18)16-12-5-4-10(14)6-11(12)15/h4-9,17H,15H2,1-3H3,(H,16,18). The van der Waals surface area contributed by atoms with E-state index in [9.17, 15) is 9.90 Å². The molecule has 0 aromatic heterocycles. The zero-order valence-corrected chi connectivity index (χ0v) is 12.8. The summed E-state index contributed by atoms with van der Waals surface area (Å²) in [6.45, 7) is 5.39. The van der Waals surface area contributed by atoms with Crippen molar-refractivity contribution in [2.24, 2.45) is 0 Å². The first-order chi connectivity index (χ1) is 8.81. The molecule has 0 saturated heterocycles. The SMILES string of the molecule is CC(SC(C)C(C)O)C(=O)Nc1ccc(Cl)cc1N. The summed E-state index contributed by atoms with van der Waals surface area (Å²) < 4.78 is 0. The highest BCUT2D eigenvalue weighted by Gasteiger charge is 2.20. The van der Waals surface area contributed by atoms with Crippen LogP contribution >= 0.6 is 23.4 Å². The Morgan fingerprint density at radius 1 is 1.42 bits per heavy atom. The molecule has 0 fully saturated rings. The molecule has 4 nitrogen and oxygen atoms in total. The van der Waals surface area contributed by atoms with Crippen LogP contribution in [0.4, 0.5) is 11.4 Å². The molecule has 0 radical (unpaired) electrons. The molecule has 0 aliphatic rings. The van der Waals surface area contributed by atoms with Gasteiger partial charge in [0, 0.05) is 10.3 Å². The number of anilines is 2. The first kappa shape index (κ1) is 16.1. The van der Waals surface area contributed by atoms with E-state index in [1.807, 2.05) is 6.92 Å². The highest BCUT2D eigenvalue weighted by atomic mass is 35.5. The van der Waals surface area contributed by atoms with Crippen LogP contribution in [0, 0.1) is 0 Å². The second-order valence-electron chi connectivity index (χ2n) is 4.44. The van der Waals surface area contributed by atoms with Crippen LogP contribution in [0.15, 0.2) is 18.2 Å². The summed E-state index contributed by atoms with van der Waals surface area (Å²) in [7, 11) is 0. The van der Waals surface area contributed by atoms with Crippen LogP contribution in [0.1, 0.15) is 20.8 Å². The van der Waals surface area contributed by atoms with Gasteiger partial charge in [-0.1, -0.05) is 18.5 Å². The number of amides is 1.